The van der Waals surface area contributed by atoms with Crippen LogP contribution in [-0.2, 0) is 9.84 Å². The minimum absolute atomic E-state index is 0.136. The highest BCUT2D eigenvalue weighted by molar-refractivity contribution is 8.01. The summed E-state index contributed by atoms with van der Waals surface area (Å²) < 4.78 is 27.5. The molecule has 1 aromatic heterocycles. The summed E-state index contributed by atoms with van der Waals surface area (Å²) in [5.41, 5.74) is 9.29. The summed E-state index contributed by atoms with van der Waals surface area (Å²) in [5, 5.41) is 14.1. The van der Waals surface area contributed by atoms with Crippen LogP contribution in [0.2, 0.25) is 0 Å². The predicted octanol–water partition coefficient (Wildman–Crippen LogP) is 3.93. The van der Waals surface area contributed by atoms with Crippen LogP contribution in [0.5, 0.6) is 0 Å². The molecule has 7 nitrogen and oxygen atoms in total. The first-order chi connectivity index (χ1) is 15.3. The number of nitrogen functional groups attached to an aromatic ring is 1. The second kappa shape index (κ2) is 8.97. The fraction of sp³-hybridized carbons (Fsp3) is 0.182. The van der Waals surface area contributed by atoms with E-state index in [1.54, 1.807) is 18.2 Å². The molecule has 0 saturated heterocycles. The number of benzene rings is 2. The first-order valence-electron chi connectivity index (χ1n) is 9.83. The van der Waals surface area contributed by atoms with Gasteiger partial charge in [0.1, 0.15) is 5.84 Å². The normalized spacial score (nSPS) is 13.5. The number of hydrogen-bond acceptors (Lipinski definition) is 8. The minimum atomic E-state index is -3.76. The minimum Gasteiger partial charge on any atom is -0.383 e. The molecule has 1 aliphatic rings. The van der Waals surface area contributed by atoms with Crippen LogP contribution in [0, 0.1) is 12.3 Å². The van der Waals surface area contributed by atoms with Crippen molar-refractivity contribution in [2.45, 2.75) is 20.9 Å². The number of thiophene rings is 1. The summed E-state index contributed by atoms with van der Waals surface area (Å²) in [6.45, 7) is 3.59. The Balaban J connectivity index is 1.69. The van der Waals surface area contributed by atoms with E-state index in [0.29, 0.717) is 9.09 Å². The van der Waals surface area contributed by atoms with Gasteiger partial charge in [-0.15, -0.1) is 23.1 Å². The molecule has 0 radical (unpaired) electrons. The predicted molar refractivity (Wildman–Crippen MR) is 133 cm³/mol. The molecule has 2 heterocycles. The second-order valence-electron chi connectivity index (χ2n) is 7.22. The molecule has 32 heavy (non-hydrogen) atoms. The average molecular weight is 486 g/mol. The van der Waals surface area contributed by atoms with Gasteiger partial charge in [-0.05, 0) is 60.2 Å². The van der Waals surface area contributed by atoms with Gasteiger partial charge in [0.05, 0.1) is 25.4 Å². The summed E-state index contributed by atoms with van der Waals surface area (Å²) in [7, 11) is -3.76. The van der Waals surface area contributed by atoms with Gasteiger partial charge in [-0.2, -0.15) is 0 Å². The van der Waals surface area contributed by atoms with Crippen LogP contribution < -0.4 is 16.4 Å². The van der Waals surface area contributed by atoms with Gasteiger partial charge >= 0.3 is 0 Å². The number of guanidine groups is 1. The molecule has 0 saturated carbocycles. The molecule has 0 spiro atoms. The Morgan fingerprint density at radius 2 is 2.06 bits per heavy atom. The number of sulfone groups is 1. The van der Waals surface area contributed by atoms with Gasteiger partial charge in [0.2, 0.25) is 9.84 Å². The zero-order valence-electron chi connectivity index (χ0n) is 17.6. The lowest BCUT2D eigenvalue weighted by Crippen LogP contribution is -2.26. The van der Waals surface area contributed by atoms with Crippen LogP contribution in [0.3, 0.4) is 0 Å². The Labute approximate surface area is 195 Å². The molecule has 166 valence electrons. The van der Waals surface area contributed by atoms with Gasteiger partial charge < -0.3 is 16.4 Å². The molecule has 5 N–H and O–H groups in total. The van der Waals surface area contributed by atoms with Crippen molar-refractivity contribution in [3.63, 3.8) is 0 Å². The largest absolute Gasteiger partial charge is 0.383 e. The summed E-state index contributed by atoms with van der Waals surface area (Å²) >= 11 is 2.56. The van der Waals surface area contributed by atoms with Gasteiger partial charge in [-0.1, -0.05) is 18.2 Å². The third kappa shape index (κ3) is 4.38. The lowest BCUT2D eigenvalue weighted by atomic mass is 10.00. The van der Waals surface area contributed by atoms with E-state index in [0.717, 1.165) is 41.4 Å². The van der Waals surface area contributed by atoms with Gasteiger partial charge in [-0.3, -0.25) is 10.4 Å². The SMILES string of the molecule is CSc1sc(C(=N)N)cc1S(=O)(=O)c1cccc(-c2ccc(NC3=NCCN3)cc2C)c1. The van der Waals surface area contributed by atoms with E-state index < -0.39 is 9.84 Å². The molecule has 1 aliphatic heterocycles. The van der Waals surface area contributed by atoms with Gasteiger partial charge in [0.15, 0.2) is 5.96 Å². The first kappa shape index (κ1) is 22.4. The zero-order chi connectivity index (χ0) is 22.9. The Hall–Kier alpha value is -2.82. The van der Waals surface area contributed by atoms with Crippen molar-refractivity contribution in [3.8, 4) is 11.1 Å². The molecule has 2 aromatic carbocycles. The van der Waals surface area contributed by atoms with Crippen LogP contribution >= 0.6 is 23.1 Å². The Kier molecular flexibility index (Phi) is 6.27. The van der Waals surface area contributed by atoms with Gasteiger partial charge in [0.25, 0.3) is 0 Å². The molecule has 0 amide bonds. The van der Waals surface area contributed by atoms with Crippen molar-refractivity contribution in [3.05, 3.63) is 59.0 Å². The van der Waals surface area contributed by atoms with Crippen molar-refractivity contribution in [2.75, 3.05) is 24.7 Å². The highest BCUT2D eigenvalue weighted by Crippen LogP contribution is 2.38. The number of aliphatic imine (C=N–C) groups is 1. The summed E-state index contributed by atoms with van der Waals surface area (Å²) in [5.74, 6) is 0.624. The highest BCUT2D eigenvalue weighted by atomic mass is 32.2. The van der Waals surface area contributed by atoms with E-state index in [1.807, 2.05) is 37.4 Å². The molecule has 10 heteroatoms. The molecular formula is C22H23N5O2S3. The van der Waals surface area contributed by atoms with E-state index >= 15 is 0 Å². The van der Waals surface area contributed by atoms with Crippen molar-refractivity contribution in [2.24, 2.45) is 10.7 Å². The Bertz CT molecular complexity index is 1330. The van der Waals surface area contributed by atoms with Crippen molar-refractivity contribution in [1.82, 2.24) is 5.32 Å². The standard InChI is InChI=1S/C22H23N5O2S3/c1-13-10-15(27-22-25-8-9-26-22)6-7-17(13)14-4-3-5-16(11-14)32(28,29)19-12-18(20(23)24)31-21(19)30-2/h3-7,10-12H,8-9H2,1-2H3,(H3,23,24)(H2,25,26,27). The summed E-state index contributed by atoms with van der Waals surface area (Å²) in [6, 6.07) is 14.4. The molecular weight excluding hydrogens is 462 g/mol. The van der Waals surface area contributed by atoms with Crippen LogP contribution in [0.25, 0.3) is 11.1 Å². The number of amidine groups is 1. The number of nitrogens with zero attached hydrogens (tertiary/aromatic N) is 1. The summed E-state index contributed by atoms with van der Waals surface area (Å²) in [6.07, 6.45) is 1.82. The number of hydrogen-bond donors (Lipinski definition) is 4. The Morgan fingerprint density at radius 1 is 1.25 bits per heavy atom. The van der Waals surface area contributed by atoms with Crippen molar-refractivity contribution >= 4 is 50.4 Å². The quantitative estimate of drug-likeness (QED) is 0.238. The number of aryl methyl sites for hydroxylation is 1. The van der Waals surface area contributed by atoms with Crippen LogP contribution in [0.15, 0.2) is 67.5 Å². The molecule has 3 aromatic rings. The van der Waals surface area contributed by atoms with E-state index in [2.05, 4.69) is 15.6 Å². The molecule has 0 unspecified atom stereocenters. The van der Waals surface area contributed by atoms with Gasteiger partial charge in [-0.25, -0.2) is 8.42 Å². The highest BCUT2D eigenvalue weighted by Gasteiger charge is 2.25. The Morgan fingerprint density at radius 3 is 2.72 bits per heavy atom. The third-order valence-corrected chi connectivity index (χ3v) is 9.36. The van der Waals surface area contributed by atoms with Gasteiger partial charge in [0, 0.05) is 12.2 Å². The number of nitrogens with one attached hydrogen (secondary N) is 3. The maximum absolute atomic E-state index is 13.4. The van der Waals surface area contributed by atoms with E-state index in [4.69, 9.17) is 11.1 Å². The molecule has 0 aliphatic carbocycles. The lowest BCUT2D eigenvalue weighted by Gasteiger charge is -2.12. The number of rotatable bonds is 6. The van der Waals surface area contributed by atoms with Crippen molar-refractivity contribution < 1.29 is 8.42 Å². The average Bonchev–Trinajstić information content (AvgIpc) is 3.44. The zero-order valence-corrected chi connectivity index (χ0v) is 20.0. The lowest BCUT2D eigenvalue weighted by molar-refractivity contribution is 0.595. The third-order valence-electron chi connectivity index (χ3n) is 5.03. The second-order valence-corrected chi connectivity index (χ2v) is 11.3. The van der Waals surface area contributed by atoms with E-state index in [1.165, 1.54) is 29.2 Å². The van der Waals surface area contributed by atoms with Crippen molar-refractivity contribution in [1.29, 1.82) is 5.41 Å². The maximum Gasteiger partial charge on any atom is 0.208 e. The van der Waals surface area contributed by atoms with E-state index in [9.17, 15) is 8.42 Å². The topological polar surface area (TPSA) is 120 Å². The molecule has 0 atom stereocenters. The molecule has 0 bridgehead atoms. The van der Waals surface area contributed by atoms with E-state index in [-0.39, 0.29) is 15.6 Å². The molecule has 4 rings (SSSR count). The fourth-order valence-electron chi connectivity index (χ4n) is 3.46. The molecule has 0 fully saturated rings. The maximum atomic E-state index is 13.4. The summed E-state index contributed by atoms with van der Waals surface area (Å²) in [4.78, 5) is 5.19. The van der Waals surface area contributed by atoms with Crippen LogP contribution in [0.4, 0.5) is 5.69 Å². The van der Waals surface area contributed by atoms with Crippen LogP contribution in [-0.4, -0.2) is 39.6 Å². The first-order valence-corrected chi connectivity index (χ1v) is 13.4. The van der Waals surface area contributed by atoms with Crippen LogP contribution in [0.1, 0.15) is 10.4 Å². The number of thioether (sulfide) groups is 1. The fourth-order valence-corrected chi connectivity index (χ4v) is 7.36. The smallest absolute Gasteiger partial charge is 0.208 e. The monoisotopic (exact) mass is 485 g/mol. The number of anilines is 1. The number of nitrogens with two attached hydrogens (primary N) is 1.